The van der Waals surface area contributed by atoms with E-state index in [-0.39, 0.29) is 10.9 Å². The number of hydrogen-bond donors (Lipinski definition) is 1. The van der Waals surface area contributed by atoms with Gasteiger partial charge in [0, 0.05) is 321 Å². The topological polar surface area (TPSA) is 46.2 Å². The molecule has 0 saturated heterocycles. The second-order valence-corrected chi connectivity index (χ2v) is 13.8. The minimum Gasteiger partial charge on any atom is -0.320 e. The first-order valence-electron chi connectivity index (χ1n) is 23.3. The summed E-state index contributed by atoms with van der Waals surface area (Å²) in [4.78, 5) is 22.7. The molecule has 4 heteroatoms. The summed E-state index contributed by atoms with van der Waals surface area (Å²) in [6.45, 7) is 4.10. The fourth-order valence-electron chi connectivity index (χ4n) is 3.61. The van der Waals surface area contributed by atoms with E-state index in [9.17, 15) is 9.59 Å². The van der Waals surface area contributed by atoms with Crippen LogP contribution >= 0.6 is 11.8 Å². The molecule has 1 aromatic carbocycles. The van der Waals surface area contributed by atoms with Gasteiger partial charge in [-0.3, -0.25) is 9.59 Å². The molecule has 0 spiro atoms. The van der Waals surface area contributed by atoms with Gasteiger partial charge in [-0.25, -0.2) is 0 Å². The Morgan fingerprint density at radius 1 is 0.333 bits per heavy atom. The zero-order valence-corrected chi connectivity index (χ0v) is 46.8. The predicted molar refractivity (Wildman–Crippen MR) is 347 cm³/mol. The second kappa shape index (κ2) is 62.4. The van der Waals surface area contributed by atoms with Crippen molar-refractivity contribution in [3.8, 4) is 403 Å². The van der Waals surface area contributed by atoms with E-state index in [2.05, 4.69) is 402 Å². The van der Waals surface area contributed by atoms with Gasteiger partial charge in [0.1, 0.15) is 0 Å². The third-order valence-electron chi connectivity index (χ3n) is 6.75. The van der Waals surface area contributed by atoms with Crippen molar-refractivity contribution < 1.29 is 9.59 Å². The summed E-state index contributed by atoms with van der Waals surface area (Å²) in [7, 11) is 1.88. The predicted octanol–water partition coefficient (Wildman–Crippen LogP) is 3.40. The van der Waals surface area contributed by atoms with E-state index in [0.29, 0.717) is 12.2 Å². The molecule has 0 saturated carbocycles. The maximum absolute atomic E-state index is 11.8. The van der Waals surface area contributed by atoms with Crippen molar-refractivity contribution in [3.63, 3.8) is 0 Å². The van der Waals surface area contributed by atoms with Crippen LogP contribution in [0.2, 0.25) is 0 Å². The lowest BCUT2D eigenvalue weighted by molar-refractivity contribution is -0.109. The fourth-order valence-corrected chi connectivity index (χ4v) is 4.17. The maximum Gasteiger partial charge on any atom is 0.186 e. The van der Waals surface area contributed by atoms with Gasteiger partial charge in [0.25, 0.3) is 0 Å². The van der Waals surface area contributed by atoms with E-state index in [1.807, 2.05) is 31.3 Å². The average Bonchev–Trinajstić information content (AvgIpc) is 3.69. The average molecular weight is 1100 g/mol. The lowest BCUT2D eigenvalue weighted by Crippen LogP contribution is -2.10. The summed E-state index contributed by atoms with van der Waals surface area (Å²) in [5, 5.41) is 3.14. The summed E-state index contributed by atoms with van der Waals surface area (Å²) >= 11 is 1.28. The molecule has 0 aliphatic rings. The number of thioether (sulfide) groups is 1. The number of nitrogens with one attached hydrogen (secondary N) is 1. The zero-order chi connectivity index (χ0) is 62.8. The van der Waals surface area contributed by atoms with Crippen molar-refractivity contribution in [2.45, 2.75) is 32.4 Å². The molecule has 0 aliphatic carbocycles. The normalized spacial score (nSPS) is 5.26. The minimum absolute atomic E-state index is 0.113. The van der Waals surface area contributed by atoms with Gasteiger partial charge in [-0.05, 0) is 127 Å². The van der Waals surface area contributed by atoms with E-state index >= 15 is 0 Å². The number of ketones is 1. The number of Topliss-reactive ketones (excluding diaryl/α,β-unsaturated/α-hetero) is 1. The number of hydrogen-bond acceptors (Lipinski definition) is 4. The van der Waals surface area contributed by atoms with E-state index in [4.69, 9.17) is 6.42 Å². The monoisotopic (exact) mass is 1100 g/mol. The van der Waals surface area contributed by atoms with Gasteiger partial charge < -0.3 is 5.32 Å². The van der Waals surface area contributed by atoms with Gasteiger partial charge in [0.05, 0.1) is 0 Å². The molecule has 1 rings (SSSR count). The lowest BCUT2D eigenvalue weighted by Gasteiger charge is -2.03. The smallest absolute Gasteiger partial charge is 0.186 e. The van der Waals surface area contributed by atoms with E-state index in [0.717, 1.165) is 24.1 Å². The van der Waals surface area contributed by atoms with Crippen LogP contribution in [-0.2, 0) is 10.5 Å². The second-order valence-electron chi connectivity index (χ2n) is 12.6. The van der Waals surface area contributed by atoms with Crippen molar-refractivity contribution in [1.29, 1.82) is 0 Å². The quantitative estimate of drug-likeness (QED) is 0.259. The number of carbonyl (C=O) groups is 2. The first-order chi connectivity index (χ1) is 43.0. The van der Waals surface area contributed by atoms with Crippen LogP contribution < -0.4 is 5.32 Å². The first kappa shape index (κ1) is 70.9. The maximum atomic E-state index is 11.8. The highest BCUT2D eigenvalue weighted by Crippen LogP contribution is 2.14. The highest BCUT2D eigenvalue weighted by Gasteiger charge is 2.05. The van der Waals surface area contributed by atoms with E-state index in [1.54, 1.807) is 13.8 Å². The summed E-state index contributed by atoms with van der Waals surface area (Å²) in [5.41, 5.74) is 1.82. The molecule has 0 aliphatic heterocycles. The lowest BCUT2D eigenvalue weighted by atomic mass is 10.1. The number of terminal acetylenes is 1. The van der Waals surface area contributed by atoms with Crippen LogP contribution in [0.15, 0.2) is 24.3 Å². The van der Waals surface area contributed by atoms with Crippen LogP contribution in [0.4, 0.5) is 0 Å². The molecule has 3 nitrogen and oxygen atoms in total. The van der Waals surface area contributed by atoms with Crippen molar-refractivity contribution in [2.24, 2.45) is 0 Å². The SMILES string of the molecule is C#CC#CC#CC#CC#CC#CC#CC#CC#CC#CC#CC#CC#CC#CC#CC#CC#CC#CC#CC#CC#CC#CC#CC#CC#CC#CC#CC#CC#CC#CC#CC#CC#CC#CC.CNCCCC(=O)c1ccc(CSC(C)=O)cc1. The van der Waals surface area contributed by atoms with Crippen LogP contribution in [0, 0.1) is 403 Å². The summed E-state index contributed by atoms with van der Waals surface area (Å²) in [5.74, 6) is 168. The molecule has 0 atom stereocenters. The van der Waals surface area contributed by atoms with Gasteiger partial charge >= 0.3 is 0 Å². The molecule has 0 unspecified atom stereocenters. The van der Waals surface area contributed by atoms with Gasteiger partial charge in [0.2, 0.25) is 0 Å². The van der Waals surface area contributed by atoms with E-state index < -0.39 is 0 Å². The molecule has 0 bridgehead atoms. The third-order valence-corrected chi connectivity index (χ3v) is 7.63. The molecule has 1 aromatic rings. The van der Waals surface area contributed by atoms with Crippen LogP contribution in [0.5, 0.6) is 0 Å². The Kier molecular flexibility index (Phi) is 50.9. The van der Waals surface area contributed by atoms with Gasteiger partial charge in [-0.1, -0.05) is 41.9 Å². The third kappa shape index (κ3) is 59.0. The van der Waals surface area contributed by atoms with Gasteiger partial charge in [0.15, 0.2) is 10.9 Å². The number of carbonyl (C=O) groups excluding carboxylic acids is 2. The highest BCUT2D eigenvalue weighted by molar-refractivity contribution is 8.12. The molecule has 0 aromatic heterocycles. The van der Waals surface area contributed by atoms with Crippen molar-refractivity contribution in [3.05, 3.63) is 35.4 Å². The molecular formula is C83H23NO2S. The van der Waals surface area contributed by atoms with Crippen molar-refractivity contribution in [2.75, 3.05) is 13.6 Å². The molecule has 87 heavy (non-hydrogen) atoms. The van der Waals surface area contributed by atoms with Crippen LogP contribution in [-0.4, -0.2) is 24.5 Å². The Hall–Kier alpha value is -16.1. The Bertz CT molecular complexity index is 5280. The number of benzene rings is 1. The van der Waals surface area contributed by atoms with Crippen LogP contribution in [0.1, 0.15) is 42.6 Å². The summed E-state index contributed by atoms with van der Waals surface area (Å²) in [6, 6.07) is 7.53. The molecule has 378 valence electrons. The number of rotatable bonds is 7. The van der Waals surface area contributed by atoms with Crippen LogP contribution in [0.25, 0.3) is 0 Å². The molecule has 0 radical (unpaired) electrons. The Morgan fingerprint density at radius 3 is 0.701 bits per heavy atom. The summed E-state index contributed by atoms with van der Waals surface area (Å²) in [6.07, 6.45) is 6.38. The van der Waals surface area contributed by atoms with Crippen molar-refractivity contribution in [1.82, 2.24) is 5.32 Å². The Labute approximate surface area is 519 Å². The standard InChI is InChI=1S/C69H4.C14H19NO2S/c1-3-5-7-9-11-13-15-17-19-21-23-25-27-29-31-33-35-37-39-41-43-45-47-49-51-53-55-57-59-61-63-65-67-69-68-66-64-62-60-58-56-54-52-50-48-46-44-42-40-38-36-34-32-30-28-26-24-22-20-18-16-14-12-10-8-6-4-2;1-11(16)18-10-12-5-7-13(8-6-12)14(17)4-3-9-15-2/h1H,2H3;5-8,15H,3-4,9-10H2,1-2H3. The van der Waals surface area contributed by atoms with Gasteiger partial charge in [-0.15, -0.1) is 6.42 Å². The molecular weight excluding hydrogens is 1070 g/mol. The highest BCUT2D eigenvalue weighted by atomic mass is 32.2. The van der Waals surface area contributed by atoms with Crippen LogP contribution in [0.3, 0.4) is 0 Å². The molecule has 0 heterocycles. The fraction of sp³-hybridized carbons (Fsp3) is 0.0843. The Balaban J connectivity index is 0.00000347. The van der Waals surface area contributed by atoms with Crippen molar-refractivity contribution >= 4 is 22.7 Å². The first-order valence-corrected chi connectivity index (χ1v) is 24.3. The zero-order valence-electron chi connectivity index (χ0n) is 45.9. The largest absolute Gasteiger partial charge is 0.320 e. The molecule has 0 amide bonds. The van der Waals surface area contributed by atoms with E-state index in [1.165, 1.54) is 11.8 Å². The molecule has 0 fully saturated rings. The van der Waals surface area contributed by atoms with Gasteiger partial charge in [-0.2, -0.15) is 0 Å². The summed E-state index contributed by atoms with van der Waals surface area (Å²) < 4.78 is 0. The minimum atomic E-state index is 0.113. The molecule has 1 N–H and O–H groups in total. The Morgan fingerprint density at radius 2 is 0.529 bits per heavy atom.